The summed E-state index contributed by atoms with van der Waals surface area (Å²) in [5.41, 5.74) is 0.234. The molecule has 7 nitrogen and oxygen atoms in total. The molecule has 0 atom stereocenters. The van der Waals surface area contributed by atoms with Gasteiger partial charge in [-0.1, -0.05) is 31.9 Å². The van der Waals surface area contributed by atoms with Crippen molar-refractivity contribution in [2.24, 2.45) is 0 Å². The van der Waals surface area contributed by atoms with Gasteiger partial charge in [-0.05, 0) is 100 Å². The molecule has 0 bridgehead atoms. The first-order valence-corrected chi connectivity index (χ1v) is 14.8. The van der Waals surface area contributed by atoms with Gasteiger partial charge in [0.05, 0.1) is 11.1 Å². The number of hydrogen-bond donors (Lipinski definition) is 1. The molecule has 0 saturated carbocycles. The van der Waals surface area contributed by atoms with E-state index in [1.54, 1.807) is 24.3 Å². The van der Waals surface area contributed by atoms with Gasteiger partial charge in [-0.25, -0.2) is 9.59 Å². The second-order valence-electron chi connectivity index (χ2n) is 6.35. The Hall–Kier alpha value is -0.610. The first kappa shape index (κ1) is 28.0. The summed E-state index contributed by atoms with van der Waals surface area (Å²) < 4.78 is 46.9. The zero-order chi connectivity index (χ0) is 25.4. The van der Waals surface area contributed by atoms with Gasteiger partial charge in [0, 0.05) is 32.9 Å². The SMILES string of the molecule is O=C(Oc1ccc(S(=O)(=O)O)c(OC(=O)c2c(Br)cc(Br)cc2Br)c1)c1c(Br)cc(Br)cc1Br. The smallest absolute Gasteiger partial charge is 0.345 e. The van der Waals surface area contributed by atoms with E-state index in [0.717, 1.165) is 18.2 Å². The Morgan fingerprint density at radius 2 is 1.09 bits per heavy atom. The summed E-state index contributed by atoms with van der Waals surface area (Å²) in [6, 6.07) is 9.59. The lowest BCUT2D eigenvalue weighted by atomic mass is 10.2. The van der Waals surface area contributed by atoms with Gasteiger partial charge in [0.25, 0.3) is 10.1 Å². The average Bonchev–Trinajstić information content (AvgIpc) is 2.65. The van der Waals surface area contributed by atoms with Crippen LogP contribution in [-0.4, -0.2) is 24.9 Å². The number of carbonyl (C=O) groups excluding carboxylic acids is 2. The molecule has 14 heteroatoms. The molecule has 3 aromatic carbocycles. The van der Waals surface area contributed by atoms with Gasteiger partial charge in [0.1, 0.15) is 10.6 Å². The van der Waals surface area contributed by atoms with Crippen LogP contribution in [0.4, 0.5) is 0 Å². The molecule has 1 N–H and O–H groups in total. The van der Waals surface area contributed by atoms with Crippen LogP contribution in [0.2, 0.25) is 0 Å². The van der Waals surface area contributed by atoms with Crippen LogP contribution in [0.5, 0.6) is 11.5 Å². The molecule has 178 valence electrons. The third-order valence-electron chi connectivity index (χ3n) is 4.03. The van der Waals surface area contributed by atoms with Crippen molar-refractivity contribution >= 4 is 118 Å². The average molecular weight is 872 g/mol. The van der Waals surface area contributed by atoms with E-state index in [1.165, 1.54) is 0 Å². The Balaban J connectivity index is 2.00. The maximum absolute atomic E-state index is 12.8. The van der Waals surface area contributed by atoms with Crippen molar-refractivity contribution in [1.82, 2.24) is 0 Å². The zero-order valence-corrected chi connectivity index (χ0v) is 26.4. The van der Waals surface area contributed by atoms with E-state index in [1.807, 2.05) is 0 Å². The van der Waals surface area contributed by atoms with Crippen LogP contribution in [0.25, 0.3) is 0 Å². The fraction of sp³-hybridized carbons (Fsp3) is 0. The van der Waals surface area contributed by atoms with Crippen LogP contribution in [0.1, 0.15) is 20.7 Å². The van der Waals surface area contributed by atoms with Crippen molar-refractivity contribution < 1.29 is 32.0 Å². The maximum atomic E-state index is 12.8. The fourth-order valence-electron chi connectivity index (χ4n) is 2.63. The summed E-state index contributed by atoms with van der Waals surface area (Å²) in [5.74, 6) is -2.37. The summed E-state index contributed by atoms with van der Waals surface area (Å²) in [5, 5.41) is 0. The number of halogens is 6. The number of hydrogen-bond acceptors (Lipinski definition) is 6. The molecule has 0 unspecified atom stereocenters. The van der Waals surface area contributed by atoms with Crippen molar-refractivity contribution in [3.8, 4) is 11.5 Å². The molecule has 0 aromatic heterocycles. The first-order chi connectivity index (χ1) is 15.8. The van der Waals surface area contributed by atoms with E-state index in [-0.39, 0.29) is 16.9 Å². The highest BCUT2D eigenvalue weighted by Gasteiger charge is 2.25. The van der Waals surface area contributed by atoms with Crippen molar-refractivity contribution in [3.05, 3.63) is 80.4 Å². The molecular weight excluding hydrogens is 864 g/mol. The lowest BCUT2D eigenvalue weighted by molar-refractivity contribution is 0.0727. The molecule has 0 saturated heterocycles. The molecule has 0 amide bonds. The molecule has 0 aliphatic rings. The Bertz CT molecular complexity index is 1390. The summed E-state index contributed by atoms with van der Waals surface area (Å²) in [7, 11) is -4.77. The number of rotatable bonds is 5. The van der Waals surface area contributed by atoms with E-state index in [9.17, 15) is 22.6 Å². The topological polar surface area (TPSA) is 107 Å². The largest absolute Gasteiger partial charge is 0.423 e. The minimum absolute atomic E-state index is 0.0645. The lowest BCUT2D eigenvalue weighted by Gasteiger charge is -2.13. The Morgan fingerprint density at radius 3 is 1.50 bits per heavy atom. The van der Waals surface area contributed by atoms with Crippen molar-refractivity contribution in [2.45, 2.75) is 4.90 Å². The molecule has 0 aliphatic carbocycles. The van der Waals surface area contributed by atoms with Crippen LogP contribution in [-0.2, 0) is 10.1 Å². The minimum Gasteiger partial charge on any atom is -0.423 e. The molecule has 0 heterocycles. The first-order valence-electron chi connectivity index (χ1n) is 8.63. The van der Waals surface area contributed by atoms with Crippen LogP contribution >= 0.6 is 95.6 Å². The molecule has 0 aliphatic heterocycles. The molecular formula is C20H8Br6O7S. The van der Waals surface area contributed by atoms with E-state index in [0.29, 0.717) is 26.8 Å². The summed E-state index contributed by atoms with van der Waals surface area (Å²) in [6.07, 6.45) is 0. The van der Waals surface area contributed by atoms with E-state index in [2.05, 4.69) is 95.6 Å². The van der Waals surface area contributed by atoms with Gasteiger partial charge in [0.2, 0.25) is 0 Å². The minimum atomic E-state index is -4.77. The normalized spacial score (nSPS) is 11.3. The number of ether oxygens (including phenoxy) is 2. The fourth-order valence-corrected chi connectivity index (χ4v) is 8.39. The molecule has 3 aromatic rings. The van der Waals surface area contributed by atoms with Gasteiger partial charge >= 0.3 is 11.9 Å². The lowest BCUT2D eigenvalue weighted by Crippen LogP contribution is -2.14. The maximum Gasteiger partial charge on any atom is 0.345 e. The molecule has 3 rings (SSSR count). The Kier molecular flexibility index (Phi) is 9.21. The van der Waals surface area contributed by atoms with Gasteiger partial charge in [-0.15, -0.1) is 0 Å². The van der Waals surface area contributed by atoms with E-state index < -0.39 is 32.7 Å². The van der Waals surface area contributed by atoms with Gasteiger partial charge < -0.3 is 9.47 Å². The second-order valence-corrected chi connectivity index (χ2v) is 13.0. The summed E-state index contributed by atoms with van der Waals surface area (Å²) in [4.78, 5) is 24.9. The quantitative estimate of drug-likeness (QED) is 0.158. The highest BCUT2D eigenvalue weighted by molar-refractivity contribution is 9.12. The van der Waals surface area contributed by atoms with Gasteiger partial charge in [-0.2, -0.15) is 8.42 Å². The third kappa shape index (κ3) is 6.58. The zero-order valence-electron chi connectivity index (χ0n) is 16.1. The van der Waals surface area contributed by atoms with Crippen LogP contribution < -0.4 is 9.47 Å². The van der Waals surface area contributed by atoms with Gasteiger partial charge in [-0.3, -0.25) is 4.55 Å². The van der Waals surface area contributed by atoms with Crippen LogP contribution in [0.3, 0.4) is 0 Å². The molecule has 0 spiro atoms. The van der Waals surface area contributed by atoms with Crippen LogP contribution in [0, 0.1) is 0 Å². The second kappa shape index (κ2) is 11.2. The van der Waals surface area contributed by atoms with Crippen molar-refractivity contribution in [3.63, 3.8) is 0 Å². The molecule has 0 fully saturated rings. The summed E-state index contributed by atoms with van der Waals surface area (Å²) in [6.45, 7) is 0. The molecule has 34 heavy (non-hydrogen) atoms. The highest BCUT2D eigenvalue weighted by Crippen LogP contribution is 2.35. The summed E-state index contributed by atoms with van der Waals surface area (Å²) >= 11 is 19.7. The van der Waals surface area contributed by atoms with Crippen molar-refractivity contribution in [2.75, 3.05) is 0 Å². The van der Waals surface area contributed by atoms with E-state index in [4.69, 9.17) is 9.47 Å². The Labute approximate surface area is 244 Å². The predicted octanol–water partition coefficient (Wildman–Crippen LogP) is 7.95. The number of carbonyl (C=O) groups is 2. The monoisotopic (exact) mass is 866 g/mol. The van der Waals surface area contributed by atoms with Gasteiger partial charge in [0.15, 0.2) is 5.75 Å². The van der Waals surface area contributed by atoms with Crippen LogP contribution in [0.15, 0.2) is 74.2 Å². The van der Waals surface area contributed by atoms with Crippen molar-refractivity contribution in [1.29, 1.82) is 0 Å². The standard InChI is InChI=1S/C20H8Br6O7S/c21-8-3-11(23)17(12(24)4-8)19(27)32-10-1-2-16(34(29,30)31)15(7-10)33-20(28)18-13(25)5-9(22)6-14(18)26/h1-7H,(H,29,30,31). The third-order valence-corrected chi connectivity index (χ3v) is 8.34. The van der Waals surface area contributed by atoms with E-state index >= 15 is 0 Å². The predicted molar refractivity (Wildman–Crippen MR) is 145 cm³/mol. The highest BCUT2D eigenvalue weighted by atomic mass is 79.9. The number of esters is 2. The molecule has 0 radical (unpaired) electrons. The Morgan fingerprint density at radius 1 is 0.676 bits per heavy atom. The number of benzene rings is 3.